The van der Waals surface area contributed by atoms with Crippen molar-refractivity contribution in [2.75, 3.05) is 19.7 Å². The third-order valence-electron chi connectivity index (χ3n) is 5.49. The Morgan fingerprint density at radius 1 is 1.19 bits per heavy atom. The number of nitrogens with one attached hydrogen (secondary N) is 1. The second-order valence-corrected chi connectivity index (χ2v) is 9.80. The van der Waals surface area contributed by atoms with E-state index in [1.54, 1.807) is 6.07 Å². The second-order valence-electron chi connectivity index (χ2n) is 9.80. The lowest BCUT2D eigenvalue weighted by molar-refractivity contribution is -0.141. The van der Waals surface area contributed by atoms with E-state index in [1.165, 1.54) is 12.1 Å². The number of rotatable bonds is 6. The Balaban J connectivity index is 1.92. The lowest BCUT2D eigenvalue weighted by Gasteiger charge is -2.41. The lowest BCUT2D eigenvalue weighted by Crippen LogP contribution is -2.45. The first-order chi connectivity index (χ1) is 15.1. The SMILES string of the molecule is CC(C)CNC(=O)COc1ccc2c(c1)[C@H](c1cccc(F)c1)N(C(=O)C(C)(C)C)CC2. The molecule has 6 heteroatoms. The summed E-state index contributed by atoms with van der Waals surface area (Å²) in [5.74, 6) is 0.405. The number of halogens is 1. The quantitative estimate of drug-likeness (QED) is 0.720. The maximum Gasteiger partial charge on any atom is 0.257 e. The van der Waals surface area contributed by atoms with Gasteiger partial charge in [0.2, 0.25) is 5.91 Å². The van der Waals surface area contributed by atoms with E-state index >= 15 is 0 Å². The van der Waals surface area contributed by atoms with Crippen LogP contribution in [0.1, 0.15) is 57.4 Å². The zero-order chi connectivity index (χ0) is 23.5. The molecule has 0 bridgehead atoms. The van der Waals surface area contributed by atoms with Gasteiger partial charge in [-0.15, -0.1) is 0 Å². The third-order valence-corrected chi connectivity index (χ3v) is 5.49. The number of nitrogens with zero attached hydrogens (tertiary/aromatic N) is 1. The summed E-state index contributed by atoms with van der Waals surface area (Å²) in [7, 11) is 0. The van der Waals surface area contributed by atoms with Crippen molar-refractivity contribution in [2.24, 2.45) is 11.3 Å². The lowest BCUT2D eigenvalue weighted by atomic mass is 9.85. The van der Waals surface area contributed by atoms with Crippen LogP contribution in [-0.4, -0.2) is 36.4 Å². The molecule has 2 aromatic carbocycles. The number of carbonyl (C=O) groups is 2. The van der Waals surface area contributed by atoms with E-state index in [4.69, 9.17) is 4.74 Å². The number of ether oxygens (including phenoxy) is 1. The van der Waals surface area contributed by atoms with Crippen LogP contribution in [0.25, 0.3) is 0 Å². The molecule has 172 valence electrons. The zero-order valence-electron chi connectivity index (χ0n) is 19.6. The zero-order valence-corrected chi connectivity index (χ0v) is 19.6. The number of carbonyl (C=O) groups excluding carboxylic acids is 2. The molecular weight excluding hydrogens is 407 g/mol. The molecular formula is C26H33FN2O3. The number of hydrogen-bond donors (Lipinski definition) is 1. The average Bonchev–Trinajstić information content (AvgIpc) is 2.74. The number of fused-ring (bicyclic) bond motifs is 1. The van der Waals surface area contributed by atoms with Crippen molar-refractivity contribution in [1.29, 1.82) is 0 Å². The molecule has 0 aliphatic carbocycles. The second kappa shape index (κ2) is 9.72. The summed E-state index contributed by atoms with van der Waals surface area (Å²) in [4.78, 5) is 27.2. The number of benzene rings is 2. The van der Waals surface area contributed by atoms with Gasteiger partial charge in [-0.3, -0.25) is 9.59 Å². The molecule has 0 saturated carbocycles. The van der Waals surface area contributed by atoms with Crippen LogP contribution in [0.3, 0.4) is 0 Å². The van der Waals surface area contributed by atoms with E-state index in [-0.39, 0.29) is 24.2 Å². The summed E-state index contributed by atoms with van der Waals surface area (Å²) in [6, 6.07) is 11.7. The van der Waals surface area contributed by atoms with Crippen molar-refractivity contribution in [3.05, 3.63) is 65.0 Å². The van der Waals surface area contributed by atoms with Crippen molar-refractivity contribution >= 4 is 11.8 Å². The van der Waals surface area contributed by atoms with Crippen LogP contribution in [0, 0.1) is 17.2 Å². The minimum Gasteiger partial charge on any atom is -0.484 e. The van der Waals surface area contributed by atoms with Gasteiger partial charge in [-0.2, -0.15) is 0 Å². The predicted octanol–water partition coefficient (Wildman–Crippen LogP) is 4.50. The highest BCUT2D eigenvalue weighted by atomic mass is 19.1. The van der Waals surface area contributed by atoms with Gasteiger partial charge < -0.3 is 15.0 Å². The molecule has 0 spiro atoms. The largest absolute Gasteiger partial charge is 0.484 e. The fraction of sp³-hybridized carbons (Fsp3) is 0.462. The number of amides is 2. The van der Waals surface area contributed by atoms with Gasteiger partial charge in [0.1, 0.15) is 11.6 Å². The maximum absolute atomic E-state index is 14.1. The Kier molecular flexibility index (Phi) is 7.22. The molecule has 0 radical (unpaired) electrons. The molecule has 1 aliphatic heterocycles. The van der Waals surface area contributed by atoms with Gasteiger partial charge >= 0.3 is 0 Å². The highest BCUT2D eigenvalue weighted by Gasteiger charge is 2.37. The Morgan fingerprint density at radius 3 is 2.59 bits per heavy atom. The van der Waals surface area contributed by atoms with Crippen molar-refractivity contribution in [1.82, 2.24) is 10.2 Å². The summed E-state index contributed by atoms with van der Waals surface area (Å²) >= 11 is 0. The van der Waals surface area contributed by atoms with Crippen LogP contribution in [0.5, 0.6) is 5.75 Å². The molecule has 1 aliphatic rings. The van der Waals surface area contributed by atoms with Crippen LogP contribution in [0.15, 0.2) is 42.5 Å². The smallest absolute Gasteiger partial charge is 0.257 e. The summed E-state index contributed by atoms with van der Waals surface area (Å²) in [5, 5.41) is 2.84. The standard InChI is InChI=1S/C26H33FN2O3/c1-17(2)15-28-23(30)16-32-21-10-9-18-11-12-29(25(31)26(3,4)5)24(22(18)14-21)19-7-6-8-20(27)13-19/h6-10,13-14,17,24H,11-12,15-16H2,1-5H3,(H,28,30)/t24-/m0/s1. The Bertz CT molecular complexity index is 981. The normalized spacial score (nSPS) is 16.0. The Morgan fingerprint density at radius 2 is 1.94 bits per heavy atom. The molecule has 0 fully saturated rings. The van der Waals surface area contributed by atoms with Crippen molar-refractivity contribution < 1.29 is 18.7 Å². The predicted molar refractivity (Wildman–Crippen MR) is 123 cm³/mol. The fourth-order valence-corrected chi connectivity index (χ4v) is 3.89. The first-order valence-electron chi connectivity index (χ1n) is 11.1. The Labute approximate surface area is 190 Å². The van der Waals surface area contributed by atoms with Gasteiger partial charge in [-0.25, -0.2) is 4.39 Å². The molecule has 32 heavy (non-hydrogen) atoms. The summed E-state index contributed by atoms with van der Waals surface area (Å²) in [6.07, 6.45) is 0.706. The van der Waals surface area contributed by atoms with E-state index in [0.717, 1.165) is 16.7 Å². The summed E-state index contributed by atoms with van der Waals surface area (Å²) in [5.41, 5.74) is 2.15. The van der Waals surface area contributed by atoms with Crippen LogP contribution < -0.4 is 10.1 Å². The molecule has 1 atom stereocenters. The first-order valence-corrected chi connectivity index (χ1v) is 11.1. The van der Waals surface area contributed by atoms with Crippen molar-refractivity contribution in [2.45, 2.75) is 47.1 Å². The van der Waals surface area contributed by atoms with E-state index in [2.05, 4.69) is 5.32 Å². The molecule has 2 aromatic rings. The molecule has 1 N–H and O–H groups in total. The fourth-order valence-electron chi connectivity index (χ4n) is 3.89. The third kappa shape index (κ3) is 5.67. The summed E-state index contributed by atoms with van der Waals surface area (Å²) in [6.45, 7) is 10.8. The molecule has 0 unspecified atom stereocenters. The van der Waals surface area contributed by atoms with Crippen LogP contribution in [-0.2, 0) is 16.0 Å². The van der Waals surface area contributed by atoms with E-state index < -0.39 is 11.5 Å². The Hall–Kier alpha value is -2.89. The first kappa shape index (κ1) is 23.8. The van der Waals surface area contributed by atoms with Gasteiger partial charge in [0.05, 0.1) is 6.04 Å². The molecule has 5 nitrogen and oxygen atoms in total. The van der Waals surface area contributed by atoms with Gasteiger partial charge in [0, 0.05) is 18.5 Å². The van der Waals surface area contributed by atoms with Crippen LogP contribution >= 0.6 is 0 Å². The minimum absolute atomic E-state index is 0.0109. The molecule has 0 aromatic heterocycles. The highest BCUT2D eigenvalue weighted by Crippen LogP contribution is 2.39. The van der Waals surface area contributed by atoms with Gasteiger partial charge in [0.15, 0.2) is 6.61 Å². The van der Waals surface area contributed by atoms with Gasteiger partial charge in [-0.05, 0) is 53.3 Å². The molecule has 0 saturated heterocycles. The van der Waals surface area contributed by atoms with Crippen molar-refractivity contribution in [3.63, 3.8) is 0 Å². The molecule has 2 amide bonds. The van der Waals surface area contributed by atoms with Crippen molar-refractivity contribution in [3.8, 4) is 5.75 Å². The summed E-state index contributed by atoms with van der Waals surface area (Å²) < 4.78 is 19.9. The van der Waals surface area contributed by atoms with E-state index in [9.17, 15) is 14.0 Å². The van der Waals surface area contributed by atoms with Gasteiger partial charge in [0.25, 0.3) is 5.91 Å². The maximum atomic E-state index is 14.1. The van der Waals surface area contributed by atoms with Crippen LogP contribution in [0.2, 0.25) is 0 Å². The van der Waals surface area contributed by atoms with Crippen LogP contribution in [0.4, 0.5) is 4.39 Å². The molecule has 3 rings (SSSR count). The highest BCUT2D eigenvalue weighted by molar-refractivity contribution is 5.83. The topological polar surface area (TPSA) is 58.6 Å². The van der Waals surface area contributed by atoms with Gasteiger partial charge in [-0.1, -0.05) is 52.8 Å². The van der Waals surface area contributed by atoms with E-state index in [1.807, 2.05) is 63.8 Å². The minimum atomic E-state index is -0.564. The monoisotopic (exact) mass is 440 g/mol. The average molecular weight is 441 g/mol. The molecule has 1 heterocycles. The number of hydrogen-bond acceptors (Lipinski definition) is 3. The van der Waals surface area contributed by atoms with E-state index in [0.29, 0.717) is 31.2 Å².